The number of hydrogen-bond acceptors (Lipinski definition) is 3. The first kappa shape index (κ1) is 11.4. The van der Waals surface area contributed by atoms with Crippen LogP contribution in [0.4, 0.5) is 0 Å². The Kier molecular flexibility index (Phi) is 4.01. The highest BCUT2D eigenvalue weighted by Crippen LogP contribution is 2.06. The first-order valence-corrected chi connectivity index (χ1v) is 5.66. The molecule has 1 aromatic carbocycles. The molecule has 0 saturated heterocycles. The van der Waals surface area contributed by atoms with Crippen molar-refractivity contribution in [3.8, 4) is 6.07 Å². The molecular weight excluding hydrogens is 214 g/mol. The van der Waals surface area contributed by atoms with Gasteiger partial charge in [0, 0.05) is 16.6 Å². The highest BCUT2D eigenvalue weighted by Gasteiger charge is 2.06. The van der Waals surface area contributed by atoms with E-state index in [9.17, 15) is 9.00 Å². The smallest absolute Gasteiger partial charge is 0.316 e. The number of nitrogens with zero attached hydrogens (tertiary/aromatic N) is 1. The molecule has 0 aliphatic carbocycles. The van der Waals surface area contributed by atoms with Gasteiger partial charge in [0.05, 0.1) is 11.6 Å². The zero-order valence-electron chi connectivity index (χ0n) is 7.84. The second-order valence-corrected chi connectivity index (χ2v) is 4.39. The summed E-state index contributed by atoms with van der Waals surface area (Å²) in [6.07, 6.45) is 0. The Bertz CT molecular complexity index is 419. The maximum atomic E-state index is 11.2. The quantitative estimate of drug-likeness (QED) is 0.822. The Hall–Kier alpha value is -1.67. The molecule has 0 aromatic heterocycles. The third-order valence-corrected chi connectivity index (χ3v) is 2.92. The second kappa shape index (κ2) is 5.27. The van der Waals surface area contributed by atoms with Crippen LogP contribution in [0.25, 0.3) is 0 Å². The molecule has 1 atom stereocenters. The van der Waals surface area contributed by atoms with Crippen LogP contribution in [0.3, 0.4) is 0 Å². The third kappa shape index (κ3) is 3.92. The predicted molar refractivity (Wildman–Crippen MR) is 55.5 cm³/mol. The normalized spacial score (nSPS) is 11.7. The molecule has 0 aliphatic heterocycles. The van der Waals surface area contributed by atoms with Gasteiger partial charge >= 0.3 is 5.97 Å². The van der Waals surface area contributed by atoms with Crippen molar-refractivity contribution in [1.82, 2.24) is 0 Å². The number of nitriles is 1. The van der Waals surface area contributed by atoms with Crippen molar-refractivity contribution in [3.05, 3.63) is 35.4 Å². The van der Waals surface area contributed by atoms with Crippen molar-refractivity contribution in [2.45, 2.75) is 5.75 Å². The molecule has 5 heteroatoms. The summed E-state index contributed by atoms with van der Waals surface area (Å²) < 4.78 is 11.2. The molecule has 1 N–H and O–H groups in total. The van der Waals surface area contributed by atoms with Gasteiger partial charge in [-0.1, -0.05) is 12.1 Å². The number of benzene rings is 1. The average molecular weight is 223 g/mol. The fourth-order valence-electron chi connectivity index (χ4n) is 1.05. The molecule has 0 bridgehead atoms. The van der Waals surface area contributed by atoms with Crippen LogP contribution < -0.4 is 0 Å². The zero-order chi connectivity index (χ0) is 11.3. The molecular formula is C10H9NO3S. The number of carboxylic acids is 1. The highest BCUT2D eigenvalue weighted by molar-refractivity contribution is 7.84. The number of carbonyl (C=O) groups is 1. The summed E-state index contributed by atoms with van der Waals surface area (Å²) in [5.74, 6) is -1.21. The third-order valence-electron chi connectivity index (χ3n) is 1.70. The van der Waals surface area contributed by atoms with E-state index in [0.29, 0.717) is 5.56 Å². The lowest BCUT2D eigenvalue weighted by Gasteiger charge is -1.99. The molecule has 0 aliphatic rings. The molecule has 0 fully saturated rings. The van der Waals surface area contributed by atoms with Gasteiger partial charge in [0.25, 0.3) is 0 Å². The molecule has 78 valence electrons. The lowest BCUT2D eigenvalue weighted by Crippen LogP contribution is -2.10. The van der Waals surface area contributed by atoms with Crippen LogP contribution in [0.5, 0.6) is 0 Å². The minimum atomic E-state index is -1.39. The minimum absolute atomic E-state index is 0.206. The molecule has 0 saturated carbocycles. The van der Waals surface area contributed by atoms with Crippen molar-refractivity contribution in [2.75, 3.05) is 5.75 Å². The molecule has 1 unspecified atom stereocenters. The Balaban J connectivity index is 2.62. The molecule has 1 aromatic rings. The van der Waals surface area contributed by atoms with Gasteiger partial charge in [-0.05, 0) is 17.7 Å². The number of hydrogen-bond donors (Lipinski definition) is 1. The number of rotatable bonds is 4. The van der Waals surface area contributed by atoms with E-state index >= 15 is 0 Å². The maximum absolute atomic E-state index is 11.2. The fraction of sp³-hybridized carbons (Fsp3) is 0.200. The predicted octanol–water partition coefficient (Wildman–Crippen LogP) is 0.892. The van der Waals surface area contributed by atoms with Gasteiger partial charge in [0.15, 0.2) is 0 Å². The van der Waals surface area contributed by atoms with Crippen molar-refractivity contribution < 1.29 is 14.1 Å². The molecule has 0 radical (unpaired) electrons. The first-order chi connectivity index (χ1) is 7.11. The SMILES string of the molecule is N#Cc1ccc(CS(=O)CC(=O)O)cc1. The van der Waals surface area contributed by atoms with E-state index in [1.165, 1.54) is 0 Å². The van der Waals surface area contributed by atoms with Gasteiger partial charge in [-0.15, -0.1) is 0 Å². The molecule has 0 spiro atoms. The van der Waals surface area contributed by atoms with Crippen molar-refractivity contribution in [3.63, 3.8) is 0 Å². The Labute approximate surface area is 89.6 Å². The van der Waals surface area contributed by atoms with E-state index in [0.717, 1.165) is 5.56 Å². The highest BCUT2D eigenvalue weighted by atomic mass is 32.2. The van der Waals surface area contributed by atoms with Crippen molar-refractivity contribution in [1.29, 1.82) is 5.26 Å². The molecule has 1 rings (SSSR count). The topological polar surface area (TPSA) is 78.2 Å². The lowest BCUT2D eigenvalue weighted by molar-refractivity contribution is -0.133. The fourth-order valence-corrected chi connectivity index (χ4v) is 1.99. The number of aliphatic carboxylic acids is 1. The Morgan fingerprint density at radius 1 is 1.40 bits per heavy atom. The summed E-state index contributed by atoms with van der Waals surface area (Å²) in [5, 5.41) is 16.9. The van der Waals surface area contributed by atoms with E-state index in [4.69, 9.17) is 10.4 Å². The summed E-state index contributed by atoms with van der Waals surface area (Å²) in [6.45, 7) is 0. The first-order valence-electron chi connectivity index (χ1n) is 4.17. The van der Waals surface area contributed by atoms with Crippen LogP contribution in [0, 0.1) is 11.3 Å². The van der Waals surface area contributed by atoms with Gasteiger partial charge in [-0.2, -0.15) is 5.26 Å². The van der Waals surface area contributed by atoms with E-state index in [1.54, 1.807) is 24.3 Å². The van der Waals surface area contributed by atoms with E-state index in [1.807, 2.05) is 6.07 Å². The summed E-state index contributed by atoms with van der Waals surface area (Å²) in [4.78, 5) is 10.3. The van der Waals surface area contributed by atoms with Crippen LogP contribution >= 0.6 is 0 Å². The monoisotopic (exact) mass is 223 g/mol. The molecule has 4 nitrogen and oxygen atoms in total. The van der Waals surface area contributed by atoms with Gasteiger partial charge < -0.3 is 5.11 Å². The Morgan fingerprint density at radius 2 is 2.00 bits per heavy atom. The molecule has 0 amide bonds. The molecule has 0 heterocycles. The maximum Gasteiger partial charge on any atom is 0.316 e. The summed E-state index contributed by atoms with van der Waals surface area (Å²) >= 11 is 0. The van der Waals surface area contributed by atoms with Gasteiger partial charge in [0.2, 0.25) is 0 Å². The summed E-state index contributed by atoms with van der Waals surface area (Å²) in [6, 6.07) is 8.56. The van der Waals surface area contributed by atoms with E-state index in [-0.39, 0.29) is 11.5 Å². The van der Waals surface area contributed by atoms with E-state index < -0.39 is 16.8 Å². The van der Waals surface area contributed by atoms with E-state index in [2.05, 4.69) is 0 Å². The minimum Gasteiger partial charge on any atom is -0.481 e. The van der Waals surface area contributed by atoms with Crippen LogP contribution in [-0.2, 0) is 21.3 Å². The van der Waals surface area contributed by atoms with Crippen LogP contribution in [0.1, 0.15) is 11.1 Å². The largest absolute Gasteiger partial charge is 0.481 e. The molecule has 15 heavy (non-hydrogen) atoms. The Morgan fingerprint density at radius 3 is 2.47 bits per heavy atom. The lowest BCUT2D eigenvalue weighted by atomic mass is 10.2. The second-order valence-electron chi connectivity index (χ2n) is 2.93. The standard InChI is InChI=1S/C10H9NO3S/c11-5-8-1-3-9(4-2-8)6-15(14)7-10(12)13/h1-4H,6-7H2,(H,12,13). The van der Waals surface area contributed by atoms with Gasteiger partial charge in [0.1, 0.15) is 5.75 Å². The zero-order valence-corrected chi connectivity index (χ0v) is 8.66. The van der Waals surface area contributed by atoms with Crippen molar-refractivity contribution >= 4 is 16.8 Å². The summed E-state index contributed by atoms with van der Waals surface area (Å²) in [5.41, 5.74) is 1.30. The van der Waals surface area contributed by atoms with Crippen LogP contribution in [0.2, 0.25) is 0 Å². The number of carboxylic acid groups (broad SMARTS) is 1. The summed E-state index contributed by atoms with van der Waals surface area (Å²) in [7, 11) is -1.39. The van der Waals surface area contributed by atoms with Crippen molar-refractivity contribution in [2.24, 2.45) is 0 Å². The average Bonchev–Trinajstić information content (AvgIpc) is 2.17. The van der Waals surface area contributed by atoms with Gasteiger partial charge in [-0.3, -0.25) is 9.00 Å². The van der Waals surface area contributed by atoms with Crippen LogP contribution in [-0.4, -0.2) is 21.0 Å². The van der Waals surface area contributed by atoms with Gasteiger partial charge in [-0.25, -0.2) is 0 Å². The van der Waals surface area contributed by atoms with Crippen LogP contribution in [0.15, 0.2) is 24.3 Å².